The number of aromatic amines is 1. The second kappa shape index (κ2) is 5.36. The molecule has 3 aromatic rings. The number of hydrogen-bond acceptors (Lipinski definition) is 4. The first-order valence-electron chi connectivity index (χ1n) is 6.14. The van der Waals surface area contributed by atoms with Crippen molar-refractivity contribution in [2.75, 3.05) is 0 Å². The van der Waals surface area contributed by atoms with Gasteiger partial charge in [-0.15, -0.1) is 5.11 Å². The van der Waals surface area contributed by atoms with Crippen LogP contribution in [0.25, 0.3) is 11.3 Å². The van der Waals surface area contributed by atoms with Crippen LogP contribution < -0.4 is 0 Å². The molecule has 3 rings (SSSR count). The standard InChI is InChI=1S/C15H12N4O/c20-15-14(18-16-12-9-5-2-6-10-12)13(17-19-15)11-7-3-1-4-8-11/h1-10H,(H2,17,19,20)/b18-16+. The van der Waals surface area contributed by atoms with Crippen LogP contribution in [0.5, 0.6) is 5.88 Å². The van der Waals surface area contributed by atoms with Crippen LogP contribution in [0.1, 0.15) is 0 Å². The first-order valence-corrected chi connectivity index (χ1v) is 6.14. The Hall–Kier alpha value is -2.95. The molecular weight excluding hydrogens is 252 g/mol. The van der Waals surface area contributed by atoms with Gasteiger partial charge in [-0.25, -0.2) is 5.10 Å². The minimum absolute atomic E-state index is 0.0939. The third-order valence-electron chi connectivity index (χ3n) is 2.79. The van der Waals surface area contributed by atoms with Gasteiger partial charge >= 0.3 is 0 Å². The van der Waals surface area contributed by atoms with E-state index in [1.54, 1.807) is 0 Å². The molecule has 2 N–H and O–H groups in total. The Morgan fingerprint density at radius 3 is 2.20 bits per heavy atom. The highest BCUT2D eigenvalue weighted by molar-refractivity contribution is 5.75. The maximum atomic E-state index is 9.80. The average Bonchev–Trinajstić information content (AvgIpc) is 2.88. The van der Waals surface area contributed by atoms with Gasteiger partial charge in [0, 0.05) is 5.56 Å². The molecule has 0 radical (unpaired) electrons. The average molecular weight is 264 g/mol. The van der Waals surface area contributed by atoms with Crippen LogP contribution in [-0.4, -0.2) is 15.3 Å². The van der Waals surface area contributed by atoms with Crippen LogP contribution in [0.15, 0.2) is 70.9 Å². The van der Waals surface area contributed by atoms with Crippen molar-refractivity contribution in [2.24, 2.45) is 10.2 Å². The first-order chi connectivity index (χ1) is 9.84. The van der Waals surface area contributed by atoms with Crippen LogP contribution in [0.2, 0.25) is 0 Å². The quantitative estimate of drug-likeness (QED) is 0.696. The number of rotatable bonds is 3. The summed E-state index contributed by atoms with van der Waals surface area (Å²) in [5.74, 6) is -0.0939. The maximum Gasteiger partial charge on any atom is 0.235 e. The molecule has 0 saturated heterocycles. The number of benzene rings is 2. The number of nitrogens with one attached hydrogen (secondary N) is 1. The summed E-state index contributed by atoms with van der Waals surface area (Å²) in [5, 5.41) is 24.6. The van der Waals surface area contributed by atoms with Gasteiger partial charge in [0.2, 0.25) is 5.88 Å². The predicted molar refractivity (Wildman–Crippen MR) is 76.3 cm³/mol. The van der Waals surface area contributed by atoms with Gasteiger partial charge in [-0.05, 0) is 12.1 Å². The fourth-order valence-corrected chi connectivity index (χ4v) is 1.82. The van der Waals surface area contributed by atoms with Crippen LogP contribution in [0.3, 0.4) is 0 Å². The zero-order chi connectivity index (χ0) is 13.8. The van der Waals surface area contributed by atoms with Crippen LogP contribution in [-0.2, 0) is 0 Å². The molecule has 0 fully saturated rings. The molecule has 0 aliphatic carbocycles. The molecule has 0 atom stereocenters. The van der Waals surface area contributed by atoms with E-state index >= 15 is 0 Å². The van der Waals surface area contributed by atoms with E-state index in [1.807, 2.05) is 60.7 Å². The summed E-state index contributed by atoms with van der Waals surface area (Å²) in [4.78, 5) is 0. The normalized spacial score (nSPS) is 11.0. The van der Waals surface area contributed by atoms with Gasteiger partial charge in [-0.3, -0.25) is 0 Å². The lowest BCUT2D eigenvalue weighted by Crippen LogP contribution is -1.77. The van der Waals surface area contributed by atoms with Crippen molar-refractivity contribution in [1.29, 1.82) is 0 Å². The molecule has 0 unspecified atom stereocenters. The topological polar surface area (TPSA) is 73.6 Å². The van der Waals surface area contributed by atoms with E-state index in [1.165, 1.54) is 0 Å². The lowest BCUT2D eigenvalue weighted by atomic mass is 10.1. The molecule has 0 spiro atoms. The molecule has 0 amide bonds. The second-order valence-corrected chi connectivity index (χ2v) is 4.17. The summed E-state index contributed by atoms with van der Waals surface area (Å²) in [7, 11) is 0. The fraction of sp³-hybridized carbons (Fsp3) is 0. The van der Waals surface area contributed by atoms with E-state index in [2.05, 4.69) is 20.4 Å². The van der Waals surface area contributed by atoms with Gasteiger partial charge < -0.3 is 5.11 Å². The number of nitrogens with zero attached hydrogens (tertiary/aromatic N) is 3. The van der Waals surface area contributed by atoms with Crippen molar-refractivity contribution < 1.29 is 5.11 Å². The molecule has 98 valence electrons. The molecular formula is C15H12N4O. The van der Waals surface area contributed by atoms with Gasteiger partial charge in [0.1, 0.15) is 5.69 Å². The van der Waals surface area contributed by atoms with Gasteiger partial charge in [0.25, 0.3) is 0 Å². The van der Waals surface area contributed by atoms with E-state index < -0.39 is 0 Å². The van der Waals surface area contributed by atoms with E-state index in [0.29, 0.717) is 17.1 Å². The molecule has 0 aliphatic rings. The Bertz CT molecular complexity index is 720. The third kappa shape index (κ3) is 2.42. The Morgan fingerprint density at radius 2 is 1.50 bits per heavy atom. The van der Waals surface area contributed by atoms with Gasteiger partial charge in [0.05, 0.1) is 5.69 Å². The van der Waals surface area contributed by atoms with Crippen LogP contribution in [0.4, 0.5) is 11.4 Å². The van der Waals surface area contributed by atoms with Crippen molar-refractivity contribution in [3.8, 4) is 17.1 Å². The van der Waals surface area contributed by atoms with E-state index in [4.69, 9.17) is 0 Å². The van der Waals surface area contributed by atoms with Crippen molar-refractivity contribution in [2.45, 2.75) is 0 Å². The van der Waals surface area contributed by atoms with Gasteiger partial charge in [-0.1, -0.05) is 48.5 Å². The van der Waals surface area contributed by atoms with Crippen molar-refractivity contribution in [3.05, 3.63) is 60.7 Å². The summed E-state index contributed by atoms with van der Waals surface area (Å²) in [5.41, 5.74) is 2.49. The maximum absolute atomic E-state index is 9.80. The number of azo groups is 1. The number of hydrogen-bond donors (Lipinski definition) is 2. The van der Waals surface area contributed by atoms with Gasteiger partial charge in [0.15, 0.2) is 5.69 Å². The molecule has 5 nitrogen and oxygen atoms in total. The zero-order valence-corrected chi connectivity index (χ0v) is 10.6. The zero-order valence-electron chi connectivity index (χ0n) is 10.6. The van der Waals surface area contributed by atoms with E-state index in [-0.39, 0.29) is 5.88 Å². The minimum Gasteiger partial charge on any atom is -0.492 e. The predicted octanol–water partition coefficient (Wildman–Crippen LogP) is 4.20. The van der Waals surface area contributed by atoms with Crippen LogP contribution >= 0.6 is 0 Å². The summed E-state index contributed by atoms with van der Waals surface area (Å²) < 4.78 is 0. The Balaban J connectivity index is 1.98. The summed E-state index contributed by atoms with van der Waals surface area (Å²) >= 11 is 0. The van der Waals surface area contributed by atoms with Crippen molar-refractivity contribution >= 4 is 11.4 Å². The smallest absolute Gasteiger partial charge is 0.235 e. The molecule has 1 heterocycles. The molecule has 20 heavy (non-hydrogen) atoms. The lowest BCUT2D eigenvalue weighted by molar-refractivity contribution is 0.453. The lowest BCUT2D eigenvalue weighted by Gasteiger charge is -1.97. The highest BCUT2D eigenvalue weighted by atomic mass is 16.3. The minimum atomic E-state index is -0.0939. The van der Waals surface area contributed by atoms with Crippen molar-refractivity contribution in [3.63, 3.8) is 0 Å². The van der Waals surface area contributed by atoms with Gasteiger partial charge in [-0.2, -0.15) is 10.2 Å². The number of aromatic hydroxyl groups is 1. The SMILES string of the molecule is Oc1[nH]nc(-c2ccccc2)c1/N=N/c1ccccc1. The Kier molecular flexibility index (Phi) is 3.24. The highest BCUT2D eigenvalue weighted by Crippen LogP contribution is 2.36. The summed E-state index contributed by atoms with van der Waals surface area (Å²) in [6, 6.07) is 18.9. The molecule has 0 bridgehead atoms. The molecule has 5 heteroatoms. The van der Waals surface area contributed by atoms with E-state index in [0.717, 1.165) is 5.56 Å². The number of aromatic nitrogens is 2. The largest absolute Gasteiger partial charge is 0.492 e. The Labute approximate surface area is 115 Å². The summed E-state index contributed by atoms with van der Waals surface area (Å²) in [6.45, 7) is 0. The monoisotopic (exact) mass is 264 g/mol. The highest BCUT2D eigenvalue weighted by Gasteiger charge is 2.13. The summed E-state index contributed by atoms with van der Waals surface area (Å²) in [6.07, 6.45) is 0. The second-order valence-electron chi connectivity index (χ2n) is 4.17. The molecule has 1 aromatic heterocycles. The third-order valence-corrected chi connectivity index (χ3v) is 2.79. The number of H-pyrrole nitrogens is 1. The molecule has 0 saturated carbocycles. The van der Waals surface area contributed by atoms with Crippen molar-refractivity contribution in [1.82, 2.24) is 10.2 Å². The first kappa shape index (κ1) is 12.1. The van der Waals surface area contributed by atoms with E-state index in [9.17, 15) is 5.11 Å². The molecule has 0 aliphatic heterocycles. The van der Waals surface area contributed by atoms with Crippen LogP contribution in [0, 0.1) is 0 Å². The molecule has 2 aromatic carbocycles. The fourth-order valence-electron chi connectivity index (χ4n) is 1.82. The Morgan fingerprint density at radius 1 is 0.850 bits per heavy atom.